The number of amides is 1. The van der Waals surface area contributed by atoms with E-state index in [4.69, 9.17) is 4.74 Å². The van der Waals surface area contributed by atoms with Crippen LogP contribution in [0.25, 0.3) is 0 Å². The lowest BCUT2D eigenvalue weighted by Gasteiger charge is -2.11. The van der Waals surface area contributed by atoms with E-state index in [0.717, 1.165) is 37.1 Å². The Morgan fingerprint density at radius 3 is 2.76 bits per heavy atom. The molecule has 0 bridgehead atoms. The molecule has 0 saturated heterocycles. The summed E-state index contributed by atoms with van der Waals surface area (Å²) in [5.74, 6) is 0.490. The number of nitrogens with zero attached hydrogens (tertiary/aromatic N) is 2. The van der Waals surface area contributed by atoms with Gasteiger partial charge in [-0.3, -0.25) is 9.78 Å². The first-order valence-electron chi connectivity index (χ1n) is 10.6. The number of allylic oxidation sites excluding steroid dienone is 1. The Balaban J connectivity index is 1.32. The van der Waals surface area contributed by atoms with Gasteiger partial charge in [-0.05, 0) is 61.6 Å². The Labute approximate surface area is 189 Å². The van der Waals surface area contributed by atoms with Crippen LogP contribution in [0.4, 0.5) is 13.2 Å². The Bertz CT molecular complexity index is 1130. The van der Waals surface area contributed by atoms with E-state index in [2.05, 4.69) is 21.4 Å². The summed E-state index contributed by atoms with van der Waals surface area (Å²) in [6, 6.07) is 13.1. The molecule has 2 aromatic heterocycles. The van der Waals surface area contributed by atoms with Gasteiger partial charge in [0.05, 0.1) is 11.1 Å². The van der Waals surface area contributed by atoms with Gasteiger partial charge in [0.1, 0.15) is 5.75 Å². The van der Waals surface area contributed by atoms with E-state index in [0.29, 0.717) is 17.7 Å². The number of ether oxygens (including phenoxy) is 1. The number of carbonyl (C=O) groups excluding carboxylic acids is 1. The van der Waals surface area contributed by atoms with Crippen molar-refractivity contribution >= 4 is 5.91 Å². The standard InChI is InChI=1S/C25H22F3N3O2/c26-25(27,28)20-9-11-23(30-16-20)33-22-5-1-3-17(14-22)6-7-18-8-10-21(13-18)31-24(32)19-4-2-12-29-15-19/h1-5,7,9,11-12,14-16,21H,6,8,10,13H2,(H,31,32). The maximum atomic E-state index is 12.7. The van der Waals surface area contributed by atoms with E-state index in [1.165, 1.54) is 11.6 Å². The van der Waals surface area contributed by atoms with Crippen LogP contribution in [0.2, 0.25) is 0 Å². The number of hydrogen-bond donors (Lipinski definition) is 1. The average molecular weight is 453 g/mol. The lowest BCUT2D eigenvalue weighted by Crippen LogP contribution is -2.32. The van der Waals surface area contributed by atoms with E-state index < -0.39 is 11.7 Å². The van der Waals surface area contributed by atoms with Crippen LogP contribution in [0.3, 0.4) is 0 Å². The number of benzene rings is 1. The minimum absolute atomic E-state index is 0.0986. The van der Waals surface area contributed by atoms with E-state index in [9.17, 15) is 18.0 Å². The highest BCUT2D eigenvalue weighted by molar-refractivity contribution is 5.94. The molecule has 1 fully saturated rings. The average Bonchev–Trinajstić information content (AvgIpc) is 3.25. The molecule has 5 nitrogen and oxygen atoms in total. The van der Waals surface area contributed by atoms with Crippen molar-refractivity contribution in [2.24, 2.45) is 0 Å². The monoisotopic (exact) mass is 453 g/mol. The molecule has 33 heavy (non-hydrogen) atoms. The molecule has 1 unspecified atom stereocenters. The van der Waals surface area contributed by atoms with E-state index in [1.807, 2.05) is 18.2 Å². The highest BCUT2D eigenvalue weighted by Gasteiger charge is 2.30. The van der Waals surface area contributed by atoms with E-state index >= 15 is 0 Å². The molecule has 1 aromatic carbocycles. The molecule has 2 heterocycles. The largest absolute Gasteiger partial charge is 0.439 e. The summed E-state index contributed by atoms with van der Waals surface area (Å²) in [5.41, 5.74) is 2.02. The van der Waals surface area contributed by atoms with Crippen LogP contribution in [0.5, 0.6) is 11.6 Å². The number of pyridine rings is 2. The normalized spacial score (nSPS) is 17.2. The minimum Gasteiger partial charge on any atom is -0.439 e. The number of halogens is 3. The molecule has 0 aliphatic heterocycles. The number of nitrogens with one attached hydrogen (secondary N) is 1. The molecule has 1 aliphatic carbocycles. The molecule has 1 aliphatic rings. The molecule has 1 atom stereocenters. The summed E-state index contributed by atoms with van der Waals surface area (Å²) in [7, 11) is 0. The highest BCUT2D eigenvalue weighted by Crippen LogP contribution is 2.30. The second-order valence-corrected chi connectivity index (χ2v) is 7.85. The van der Waals surface area contributed by atoms with Crippen LogP contribution in [0.1, 0.15) is 40.7 Å². The summed E-state index contributed by atoms with van der Waals surface area (Å²) in [6.07, 6.45) is 4.97. The third-order valence-electron chi connectivity index (χ3n) is 5.39. The molecule has 4 rings (SSSR count). The molecule has 1 N–H and O–H groups in total. The third-order valence-corrected chi connectivity index (χ3v) is 5.39. The molecule has 0 radical (unpaired) electrons. The van der Waals surface area contributed by atoms with Crippen molar-refractivity contribution in [3.8, 4) is 11.6 Å². The quantitative estimate of drug-likeness (QED) is 0.484. The van der Waals surface area contributed by atoms with Crippen molar-refractivity contribution in [2.75, 3.05) is 0 Å². The topological polar surface area (TPSA) is 64.1 Å². The van der Waals surface area contributed by atoms with Crippen LogP contribution in [0.15, 0.2) is 78.8 Å². The fourth-order valence-electron chi connectivity index (χ4n) is 3.68. The Hall–Kier alpha value is -3.68. The maximum Gasteiger partial charge on any atom is 0.417 e. The van der Waals surface area contributed by atoms with Crippen molar-refractivity contribution in [1.82, 2.24) is 15.3 Å². The zero-order chi connectivity index (χ0) is 23.3. The van der Waals surface area contributed by atoms with Gasteiger partial charge < -0.3 is 10.1 Å². The van der Waals surface area contributed by atoms with Gasteiger partial charge in [-0.15, -0.1) is 0 Å². The number of alkyl halides is 3. The molecular weight excluding hydrogens is 431 g/mol. The summed E-state index contributed by atoms with van der Waals surface area (Å²) in [5, 5.41) is 3.06. The summed E-state index contributed by atoms with van der Waals surface area (Å²) in [4.78, 5) is 20.0. The predicted octanol–water partition coefficient (Wildman–Crippen LogP) is 5.74. The van der Waals surface area contributed by atoms with Gasteiger partial charge in [-0.25, -0.2) is 4.98 Å². The first kappa shape index (κ1) is 22.5. The number of hydrogen-bond acceptors (Lipinski definition) is 4. The fourth-order valence-corrected chi connectivity index (χ4v) is 3.68. The van der Waals surface area contributed by atoms with Gasteiger partial charge in [-0.1, -0.05) is 23.8 Å². The number of carbonyl (C=O) groups is 1. The number of rotatable bonds is 6. The van der Waals surface area contributed by atoms with E-state index in [-0.39, 0.29) is 17.8 Å². The van der Waals surface area contributed by atoms with Gasteiger partial charge in [0.2, 0.25) is 5.88 Å². The van der Waals surface area contributed by atoms with E-state index in [1.54, 1.807) is 30.6 Å². The molecule has 3 aromatic rings. The first-order chi connectivity index (χ1) is 15.9. The summed E-state index contributed by atoms with van der Waals surface area (Å²) in [6.45, 7) is 0. The van der Waals surface area contributed by atoms with Crippen LogP contribution >= 0.6 is 0 Å². The lowest BCUT2D eigenvalue weighted by molar-refractivity contribution is -0.137. The van der Waals surface area contributed by atoms with Crippen LogP contribution in [0, 0.1) is 0 Å². The SMILES string of the molecule is O=C(NC1CCC(=CCc2cccc(Oc3ccc(C(F)(F)F)cn3)c2)C1)c1cccnc1. The molecule has 1 saturated carbocycles. The molecule has 170 valence electrons. The highest BCUT2D eigenvalue weighted by atomic mass is 19.4. The second kappa shape index (κ2) is 9.85. The summed E-state index contributed by atoms with van der Waals surface area (Å²) < 4.78 is 43.6. The zero-order valence-corrected chi connectivity index (χ0v) is 17.7. The maximum absolute atomic E-state index is 12.7. The predicted molar refractivity (Wildman–Crippen MR) is 117 cm³/mol. The third kappa shape index (κ3) is 6.19. The number of aromatic nitrogens is 2. The van der Waals surface area contributed by atoms with Crippen LogP contribution < -0.4 is 10.1 Å². The van der Waals surface area contributed by atoms with Crippen molar-refractivity contribution in [3.05, 3.63) is 95.5 Å². The molecule has 1 amide bonds. The molecular formula is C25H22F3N3O2. The Morgan fingerprint density at radius 1 is 1.15 bits per heavy atom. The smallest absolute Gasteiger partial charge is 0.417 e. The van der Waals surface area contributed by atoms with Gasteiger partial charge in [-0.2, -0.15) is 13.2 Å². The fraction of sp³-hybridized carbons (Fsp3) is 0.240. The van der Waals surface area contributed by atoms with Gasteiger partial charge in [0, 0.05) is 30.7 Å². The van der Waals surface area contributed by atoms with Crippen LogP contribution in [-0.4, -0.2) is 21.9 Å². The van der Waals surface area contributed by atoms with Gasteiger partial charge in [0.15, 0.2) is 0 Å². The van der Waals surface area contributed by atoms with Crippen molar-refractivity contribution in [3.63, 3.8) is 0 Å². The summed E-state index contributed by atoms with van der Waals surface area (Å²) >= 11 is 0. The lowest BCUT2D eigenvalue weighted by atomic mass is 10.1. The van der Waals surface area contributed by atoms with Crippen molar-refractivity contribution in [2.45, 2.75) is 37.9 Å². The van der Waals surface area contributed by atoms with Gasteiger partial charge in [0.25, 0.3) is 5.91 Å². The first-order valence-corrected chi connectivity index (χ1v) is 10.6. The Morgan fingerprint density at radius 2 is 2.03 bits per heavy atom. The molecule has 8 heteroatoms. The second-order valence-electron chi connectivity index (χ2n) is 7.85. The van der Waals surface area contributed by atoms with Crippen LogP contribution in [-0.2, 0) is 12.6 Å². The van der Waals surface area contributed by atoms with Gasteiger partial charge >= 0.3 is 6.18 Å². The van der Waals surface area contributed by atoms with Crippen molar-refractivity contribution in [1.29, 1.82) is 0 Å². The minimum atomic E-state index is -4.43. The van der Waals surface area contributed by atoms with Crippen molar-refractivity contribution < 1.29 is 22.7 Å². The molecule has 0 spiro atoms. The zero-order valence-electron chi connectivity index (χ0n) is 17.7. The Kier molecular flexibility index (Phi) is 6.72.